The molecule has 0 saturated heterocycles. The van der Waals surface area contributed by atoms with Gasteiger partial charge in [-0.3, -0.25) is 5.10 Å². The highest BCUT2D eigenvalue weighted by molar-refractivity contribution is 5.74. The van der Waals surface area contributed by atoms with E-state index in [9.17, 15) is 9.18 Å². The minimum atomic E-state index is -0.299. The predicted octanol–water partition coefficient (Wildman–Crippen LogP) is 3.12. The summed E-state index contributed by atoms with van der Waals surface area (Å²) in [4.78, 5) is 18.6. The normalized spacial score (nSPS) is 12.0. The topological polar surface area (TPSA) is 91.7 Å². The Hall–Kier alpha value is -3.23. The molecule has 0 spiro atoms. The molecule has 0 bridgehead atoms. The number of carbonyl (C=O) groups excluding carboxylic acids is 1. The molecular formula is C19H24FN7O. The lowest BCUT2D eigenvalue weighted by atomic mass is 10.1. The van der Waals surface area contributed by atoms with Crippen LogP contribution in [0.15, 0.2) is 36.8 Å². The van der Waals surface area contributed by atoms with E-state index in [2.05, 4.69) is 25.6 Å². The van der Waals surface area contributed by atoms with Crippen LogP contribution >= 0.6 is 0 Å². The first-order chi connectivity index (χ1) is 13.5. The molecule has 0 radical (unpaired) electrons. The van der Waals surface area contributed by atoms with Crippen molar-refractivity contribution in [3.63, 3.8) is 0 Å². The van der Waals surface area contributed by atoms with Gasteiger partial charge in [0.25, 0.3) is 0 Å². The van der Waals surface area contributed by atoms with E-state index in [1.165, 1.54) is 18.5 Å². The molecule has 3 rings (SSSR count). The van der Waals surface area contributed by atoms with E-state index in [4.69, 9.17) is 0 Å². The average molecular weight is 385 g/mol. The molecule has 0 unspecified atom stereocenters. The molecule has 0 saturated carbocycles. The Kier molecular flexibility index (Phi) is 6.03. The van der Waals surface area contributed by atoms with Gasteiger partial charge in [-0.25, -0.2) is 18.9 Å². The van der Waals surface area contributed by atoms with Gasteiger partial charge >= 0.3 is 6.03 Å². The van der Waals surface area contributed by atoms with E-state index in [1.807, 2.05) is 13.8 Å². The molecule has 3 aromatic rings. The van der Waals surface area contributed by atoms with Gasteiger partial charge in [0, 0.05) is 24.7 Å². The molecule has 1 aromatic carbocycles. The van der Waals surface area contributed by atoms with Crippen LogP contribution in [0.25, 0.3) is 11.3 Å². The van der Waals surface area contributed by atoms with Crippen LogP contribution in [0, 0.1) is 5.82 Å². The summed E-state index contributed by atoms with van der Waals surface area (Å²) in [5.41, 5.74) is 2.41. The summed E-state index contributed by atoms with van der Waals surface area (Å²) in [5, 5.41) is 14.2. The van der Waals surface area contributed by atoms with E-state index in [1.54, 1.807) is 35.0 Å². The summed E-state index contributed by atoms with van der Waals surface area (Å²) >= 11 is 0. The number of aromatic amines is 1. The van der Waals surface area contributed by atoms with Gasteiger partial charge in [-0.05, 0) is 37.6 Å². The largest absolute Gasteiger partial charge is 0.328 e. The second-order valence-electron chi connectivity index (χ2n) is 6.48. The van der Waals surface area contributed by atoms with Crippen molar-refractivity contribution in [1.29, 1.82) is 0 Å². The Morgan fingerprint density at radius 1 is 1.32 bits per heavy atom. The molecular weight excluding hydrogens is 361 g/mol. The summed E-state index contributed by atoms with van der Waals surface area (Å²) in [6.07, 6.45) is 3.87. The number of rotatable bonds is 7. The number of H-pyrrole nitrogens is 1. The molecule has 148 valence electrons. The number of nitrogens with one attached hydrogen (secondary N) is 2. The first kappa shape index (κ1) is 19.5. The number of halogens is 1. The van der Waals surface area contributed by atoms with Crippen molar-refractivity contribution in [2.45, 2.75) is 39.4 Å². The van der Waals surface area contributed by atoms with Crippen LogP contribution in [-0.2, 0) is 13.1 Å². The van der Waals surface area contributed by atoms with Gasteiger partial charge < -0.3 is 10.2 Å². The Balaban J connectivity index is 1.69. The molecule has 2 N–H and O–H groups in total. The van der Waals surface area contributed by atoms with Gasteiger partial charge in [0.1, 0.15) is 18.0 Å². The molecule has 0 aliphatic heterocycles. The van der Waals surface area contributed by atoms with Crippen LogP contribution in [0.1, 0.15) is 37.7 Å². The van der Waals surface area contributed by atoms with Crippen LogP contribution in [0.2, 0.25) is 0 Å². The lowest BCUT2D eigenvalue weighted by Gasteiger charge is -2.22. The maximum atomic E-state index is 13.2. The van der Waals surface area contributed by atoms with Gasteiger partial charge in [0.05, 0.1) is 24.5 Å². The third-order valence-electron chi connectivity index (χ3n) is 4.57. The minimum Gasteiger partial charge on any atom is -0.328 e. The van der Waals surface area contributed by atoms with Crippen LogP contribution in [-0.4, -0.2) is 42.9 Å². The monoisotopic (exact) mass is 385 g/mol. The number of nitrogens with zero attached hydrogens (tertiary/aromatic N) is 5. The van der Waals surface area contributed by atoms with Crippen molar-refractivity contribution in [3.8, 4) is 11.3 Å². The molecule has 0 fully saturated rings. The van der Waals surface area contributed by atoms with Gasteiger partial charge in [-0.2, -0.15) is 10.2 Å². The first-order valence-corrected chi connectivity index (χ1v) is 9.21. The second-order valence-corrected chi connectivity index (χ2v) is 6.48. The van der Waals surface area contributed by atoms with Gasteiger partial charge in [-0.1, -0.05) is 6.92 Å². The molecule has 2 heterocycles. The van der Waals surface area contributed by atoms with Crippen molar-refractivity contribution in [2.24, 2.45) is 0 Å². The summed E-state index contributed by atoms with van der Waals surface area (Å²) in [7, 11) is 1.72. The van der Waals surface area contributed by atoms with Crippen molar-refractivity contribution in [3.05, 3.63) is 54.0 Å². The van der Waals surface area contributed by atoms with Crippen molar-refractivity contribution >= 4 is 6.03 Å². The standard InChI is InChI=1S/C19H24FN7O/c1-4-16(18-21-12-23-27(18)5-2)24-19(28)26(3)11-14-10-22-25-17(14)13-6-8-15(20)9-7-13/h6-10,12,16H,4-5,11H2,1-3H3,(H,22,25)(H,24,28)/t16-/m1/s1. The number of urea groups is 1. The van der Waals surface area contributed by atoms with E-state index in [-0.39, 0.29) is 17.9 Å². The number of benzene rings is 1. The summed E-state index contributed by atoms with van der Waals surface area (Å²) in [6, 6.07) is 5.70. The molecule has 1 atom stereocenters. The number of hydrogen-bond acceptors (Lipinski definition) is 4. The lowest BCUT2D eigenvalue weighted by Crippen LogP contribution is -2.39. The molecule has 8 nitrogen and oxygen atoms in total. The van der Waals surface area contributed by atoms with Crippen LogP contribution in [0.4, 0.5) is 9.18 Å². The van der Waals surface area contributed by atoms with E-state index < -0.39 is 0 Å². The van der Waals surface area contributed by atoms with Crippen LogP contribution < -0.4 is 5.32 Å². The van der Waals surface area contributed by atoms with Crippen molar-refractivity contribution < 1.29 is 9.18 Å². The third-order valence-corrected chi connectivity index (χ3v) is 4.57. The number of aromatic nitrogens is 5. The minimum absolute atomic E-state index is 0.219. The molecule has 9 heteroatoms. The zero-order valence-corrected chi connectivity index (χ0v) is 16.2. The zero-order chi connectivity index (χ0) is 20.1. The number of carbonyl (C=O) groups is 1. The maximum absolute atomic E-state index is 13.2. The first-order valence-electron chi connectivity index (χ1n) is 9.21. The fourth-order valence-corrected chi connectivity index (χ4v) is 3.02. The van der Waals surface area contributed by atoms with Crippen molar-refractivity contribution in [2.75, 3.05) is 7.05 Å². The van der Waals surface area contributed by atoms with E-state index in [0.29, 0.717) is 19.5 Å². The second kappa shape index (κ2) is 8.64. The smallest absolute Gasteiger partial charge is 0.318 e. The van der Waals surface area contributed by atoms with Crippen LogP contribution in [0.5, 0.6) is 0 Å². The number of hydrogen-bond donors (Lipinski definition) is 2. The number of amides is 2. The molecule has 28 heavy (non-hydrogen) atoms. The SMILES string of the molecule is CC[C@@H](NC(=O)N(C)Cc1cn[nH]c1-c1ccc(F)cc1)c1ncnn1CC. The highest BCUT2D eigenvalue weighted by Gasteiger charge is 2.21. The zero-order valence-electron chi connectivity index (χ0n) is 16.2. The highest BCUT2D eigenvalue weighted by atomic mass is 19.1. The lowest BCUT2D eigenvalue weighted by molar-refractivity contribution is 0.201. The summed E-state index contributed by atoms with van der Waals surface area (Å²) < 4.78 is 14.9. The van der Waals surface area contributed by atoms with E-state index >= 15 is 0 Å². The van der Waals surface area contributed by atoms with Crippen LogP contribution in [0.3, 0.4) is 0 Å². The quantitative estimate of drug-likeness (QED) is 0.654. The summed E-state index contributed by atoms with van der Waals surface area (Å²) in [6.45, 7) is 5.01. The Bertz CT molecular complexity index is 919. The molecule has 2 amide bonds. The number of aryl methyl sites for hydroxylation is 1. The highest BCUT2D eigenvalue weighted by Crippen LogP contribution is 2.22. The van der Waals surface area contributed by atoms with Gasteiger partial charge in [0.2, 0.25) is 0 Å². The van der Waals surface area contributed by atoms with E-state index in [0.717, 1.165) is 22.6 Å². The predicted molar refractivity (Wildman–Crippen MR) is 103 cm³/mol. The Labute approximate surface area is 162 Å². The van der Waals surface area contributed by atoms with Gasteiger partial charge in [0.15, 0.2) is 0 Å². The molecule has 0 aliphatic rings. The van der Waals surface area contributed by atoms with Gasteiger partial charge in [-0.15, -0.1) is 0 Å². The average Bonchev–Trinajstić information content (AvgIpc) is 3.35. The Morgan fingerprint density at radius 3 is 2.75 bits per heavy atom. The fraction of sp³-hybridized carbons (Fsp3) is 0.368. The third kappa shape index (κ3) is 4.19. The Morgan fingerprint density at radius 2 is 2.07 bits per heavy atom. The fourth-order valence-electron chi connectivity index (χ4n) is 3.02. The maximum Gasteiger partial charge on any atom is 0.318 e. The molecule has 0 aliphatic carbocycles. The van der Waals surface area contributed by atoms with Crippen molar-refractivity contribution in [1.82, 2.24) is 35.2 Å². The molecule has 2 aromatic heterocycles. The summed E-state index contributed by atoms with van der Waals surface area (Å²) in [5.74, 6) is 0.439.